The first kappa shape index (κ1) is 13.0. The number of aliphatic hydroxyl groups excluding tert-OH is 1. The SMILES string of the molecule is CC(C)[C@@H]1CC[C@@H](C)C[C@H]1O.[NaH]. The van der Waals surface area contributed by atoms with E-state index in [9.17, 15) is 5.11 Å². The van der Waals surface area contributed by atoms with E-state index in [1.807, 2.05) is 0 Å². The second-order valence-electron chi connectivity index (χ2n) is 4.39. The Labute approximate surface area is 98.2 Å². The number of hydrogen-bond acceptors (Lipinski definition) is 1. The minimum absolute atomic E-state index is 0. The van der Waals surface area contributed by atoms with Crippen LogP contribution >= 0.6 is 0 Å². The van der Waals surface area contributed by atoms with Gasteiger partial charge in [-0.05, 0) is 30.6 Å². The molecule has 0 saturated heterocycles. The molecule has 12 heavy (non-hydrogen) atoms. The van der Waals surface area contributed by atoms with Crippen LogP contribution in [0.3, 0.4) is 0 Å². The van der Waals surface area contributed by atoms with E-state index in [2.05, 4.69) is 20.8 Å². The molecular formula is C10H21NaO. The summed E-state index contributed by atoms with van der Waals surface area (Å²) in [6.07, 6.45) is 3.52. The van der Waals surface area contributed by atoms with Gasteiger partial charge in [-0.1, -0.05) is 27.2 Å². The van der Waals surface area contributed by atoms with Crippen molar-refractivity contribution in [3.8, 4) is 0 Å². The zero-order valence-corrected chi connectivity index (χ0v) is 7.88. The quantitative estimate of drug-likeness (QED) is 0.610. The third kappa shape index (κ3) is 3.37. The molecule has 0 unspecified atom stereocenters. The third-order valence-corrected chi connectivity index (χ3v) is 2.99. The van der Waals surface area contributed by atoms with Gasteiger partial charge < -0.3 is 5.11 Å². The molecule has 2 heteroatoms. The summed E-state index contributed by atoms with van der Waals surface area (Å²) in [6.45, 7) is 6.66. The molecule has 1 aliphatic carbocycles. The van der Waals surface area contributed by atoms with Crippen LogP contribution in [0.25, 0.3) is 0 Å². The van der Waals surface area contributed by atoms with Gasteiger partial charge in [0.05, 0.1) is 6.10 Å². The van der Waals surface area contributed by atoms with E-state index < -0.39 is 0 Å². The number of aliphatic hydroxyl groups is 1. The van der Waals surface area contributed by atoms with E-state index in [0.29, 0.717) is 11.8 Å². The van der Waals surface area contributed by atoms with Crippen molar-refractivity contribution >= 4 is 29.6 Å². The summed E-state index contributed by atoms with van der Waals surface area (Å²) in [5.74, 6) is 1.95. The van der Waals surface area contributed by atoms with E-state index in [1.54, 1.807) is 0 Å². The summed E-state index contributed by atoms with van der Waals surface area (Å²) in [5.41, 5.74) is 0. The second kappa shape index (κ2) is 5.64. The van der Waals surface area contributed by atoms with Crippen LogP contribution in [0.2, 0.25) is 0 Å². The molecule has 1 rings (SSSR count). The van der Waals surface area contributed by atoms with Crippen molar-refractivity contribution in [3.05, 3.63) is 0 Å². The Morgan fingerprint density at radius 3 is 2.25 bits per heavy atom. The maximum absolute atomic E-state index is 9.71. The predicted molar refractivity (Wildman–Crippen MR) is 54.5 cm³/mol. The zero-order valence-electron chi connectivity index (χ0n) is 7.88. The fourth-order valence-electron chi connectivity index (χ4n) is 2.15. The van der Waals surface area contributed by atoms with Crippen molar-refractivity contribution in [3.63, 3.8) is 0 Å². The molecule has 0 amide bonds. The van der Waals surface area contributed by atoms with E-state index in [-0.39, 0.29) is 35.7 Å². The summed E-state index contributed by atoms with van der Waals surface area (Å²) < 4.78 is 0. The molecule has 0 aliphatic heterocycles. The molecule has 1 fully saturated rings. The van der Waals surface area contributed by atoms with Crippen molar-refractivity contribution in [2.24, 2.45) is 17.8 Å². The fourth-order valence-corrected chi connectivity index (χ4v) is 2.15. The van der Waals surface area contributed by atoms with E-state index in [1.165, 1.54) is 12.8 Å². The van der Waals surface area contributed by atoms with Gasteiger partial charge in [0.2, 0.25) is 0 Å². The van der Waals surface area contributed by atoms with Gasteiger partial charge in [-0.3, -0.25) is 0 Å². The maximum atomic E-state index is 9.71. The molecule has 68 valence electrons. The van der Waals surface area contributed by atoms with Crippen LogP contribution in [0.4, 0.5) is 0 Å². The molecule has 1 N–H and O–H groups in total. The fraction of sp³-hybridized carbons (Fsp3) is 1.00. The molecule has 0 radical (unpaired) electrons. The summed E-state index contributed by atoms with van der Waals surface area (Å²) in [6, 6.07) is 0. The summed E-state index contributed by atoms with van der Waals surface area (Å²) in [4.78, 5) is 0. The number of hydrogen-bond donors (Lipinski definition) is 1. The third-order valence-electron chi connectivity index (χ3n) is 2.99. The van der Waals surface area contributed by atoms with Gasteiger partial charge in [-0.2, -0.15) is 0 Å². The van der Waals surface area contributed by atoms with Gasteiger partial charge >= 0.3 is 29.6 Å². The van der Waals surface area contributed by atoms with Crippen molar-refractivity contribution in [1.29, 1.82) is 0 Å². The number of rotatable bonds is 1. The monoisotopic (exact) mass is 180 g/mol. The van der Waals surface area contributed by atoms with Gasteiger partial charge in [0.1, 0.15) is 0 Å². The van der Waals surface area contributed by atoms with Crippen LogP contribution < -0.4 is 0 Å². The van der Waals surface area contributed by atoms with Crippen LogP contribution in [0, 0.1) is 17.8 Å². The second-order valence-corrected chi connectivity index (χ2v) is 4.39. The van der Waals surface area contributed by atoms with Crippen LogP contribution in [0.15, 0.2) is 0 Å². The topological polar surface area (TPSA) is 20.2 Å². The van der Waals surface area contributed by atoms with Gasteiger partial charge in [0.15, 0.2) is 0 Å². The molecule has 1 nitrogen and oxygen atoms in total. The first-order chi connectivity index (χ1) is 5.11. The van der Waals surface area contributed by atoms with Crippen LogP contribution in [-0.2, 0) is 0 Å². The zero-order chi connectivity index (χ0) is 8.43. The van der Waals surface area contributed by atoms with Gasteiger partial charge in [0.25, 0.3) is 0 Å². The Hall–Kier alpha value is 0.960. The Morgan fingerprint density at radius 1 is 1.25 bits per heavy atom. The Bertz CT molecular complexity index is 125. The first-order valence-electron chi connectivity index (χ1n) is 4.79. The normalized spacial score (nSPS) is 36.2. The average Bonchev–Trinajstić information content (AvgIpc) is 1.85. The Balaban J connectivity index is 0.00000121. The van der Waals surface area contributed by atoms with Crippen molar-refractivity contribution in [2.45, 2.75) is 46.1 Å². The Kier molecular flexibility index (Phi) is 6.09. The van der Waals surface area contributed by atoms with Crippen LogP contribution in [-0.4, -0.2) is 40.8 Å². The molecular weight excluding hydrogens is 159 g/mol. The average molecular weight is 180 g/mol. The van der Waals surface area contributed by atoms with Crippen molar-refractivity contribution in [1.82, 2.24) is 0 Å². The van der Waals surface area contributed by atoms with Crippen LogP contribution in [0.5, 0.6) is 0 Å². The molecule has 0 aromatic heterocycles. The molecule has 0 spiro atoms. The molecule has 0 bridgehead atoms. The molecule has 0 aromatic carbocycles. The van der Waals surface area contributed by atoms with E-state index in [4.69, 9.17) is 0 Å². The first-order valence-corrected chi connectivity index (χ1v) is 4.79. The summed E-state index contributed by atoms with van der Waals surface area (Å²) in [7, 11) is 0. The van der Waals surface area contributed by atoms with E-state index in [0.717, 1.165) is 12.3 Å². The molecule has 3 atom stereocenters. The van der Waals surface area contributed by atoms with Gasteiger partial charge in [-0.15, -0.1) is 0 Å². The van der Waals surface area contributed by atoms with Gasteiger partial charge in [-0.25, -0.2) is 0 Å². The summed E-state index contributed by atoms with van der Waals surface area (Å²) in [5, 5.41) is 9.71. The van der Waals surface area contributed by atoms with Crippen molar-refractivity contribution in [2.75, 3.05) is 0 Å². The summed E-state index contributed by atoms with van der Waals surface area (Å²) >= 11 is 0. The Morgan fingerprint density at radius 2 is 1.83 bits per heavy atom. The minimum atomic E-state index is -0.0289. The molecule has 0 heterocycles. The van der Waals surface area contributed by atoms with Gasteiger partial charge in [0, 0.05) is 0 Å². The molecule has 0 aromatic rings. The standard InChI is InChI=1S/C10H20O.Na.H/c1-7(2)9-5-4-8(3)6-10(9)11;;/h7-11H,4-6H2,1-3H3;;/t8-,9+,10-;;/m1../s1. The van der Waals surface area contributed by atoms with Crippen LogP contribution in [0.1, 0.15) is 40.0 Å². The molecule has 1 aliphatic rings. The van der Waals surface area contributed by atoms with E-state index >= 15 is 0 Å². The predicted octanol–water partition coefficient (Wildman–Crippen LogP) is 1.79. The molecule has 1 saturated carbocycles. The van der Waals surface area contributed by atoms with Crippen molar-refractivity contribution < 1.29 is 5.11 Å².